The van der Waals surface area contributed by atoms with E-state index in [0.717, 1.165) is 28.9 Å². The molecule has 0 bridgehead atoms. The molecule has 0 aliphatic carbocycles. The third-order valence-electron chi connectivity index (χ3n) is 2.38. The minimum Gasteiger partial charge on any atom is -0.354 e. The van der Waals surface area contributed by atoms with Crippen LogP contribution in [0.1, 0.15) is 13.3 Å². The Morgan fingerprint density at radius 1 is 1.32 bits per heavy atom. The zero-order valence-electron chi connectivity index (χ0n) is 10.5. The molecular weight excluding hydrogens is 328 g/mol. The second-order valence-electron chi connectivity index (χ2n) is 3.94. The van der Waals surface area contributed by atoms with Gasteiger partial charge in [0.2, 0.25) is 5.95 Å². The summed E-state index contributed by atoms with van der Waals surface area (Å²) in [5.41, 5.74) is 0.868. The van der Waals surface area contributed by atoms with Crippen molar-refractivity contribution in [2.75, 3.05) is 17.2 Å². The number of rotatable bonds is 5. The molecule has 1 aromatic heterocycles. The second-order valence-corrected chi connectivity index (χ2v) is 5.23. The number of nitrogens with one attached hydrogen (secondary N) is 2. The molecule has 0 saturated heterocycles. The molecule has 0 atom stereocenters. The van der Waals surface area contributed by atoms with E-state index in [1.807, 2.05) is 24.3 Å². The van der Waals surface area contributed by atoms with Crippen LogP contribution < -0.4 is 10.6 Å². The Morgan fingerprint density at radius 3 is 2.95 bits per heavy atom. The van der Waals surface area contributed by atoms with Gasteiger partial charge in [-0.1, -0.05) is 18.5 Å². The lowest BCUT2D eigenvalue weighted by atomic mass is 10.3. The van der Waals surface area contributed by atoms with Gasteiger partial charge in [0.25, 0.3) is 0 Å². The van der Waals surface area contributed by atoms with E-state index in [1.54, 1.807) is 6.20 Å². The number of benzene rings is 1. The number of nitrogens with zero attached hydrogens (tertiary/aromatic N) is 2. The van der Waals surface area contributed by atoms with E-state index in [4.69, 9.17) is 11.6 Å². The quantitative estimate of drug-likeness (QED) is 0.843. The Bertz CT molecular complexity index is 562. The smallest absolute Gasteiger partial charge is 0.224 e. The normalized spacial score (nSPS) is 10.3. The van der Waals surface area contributed by atoms with Crippen LogP contribution in [0.5, 0.6) is 0 Å². The number of halogens is 2. The van der Waals surface area contributed by atoms with E-state index in [1.165, 1.54) is 0 Å². The topological polar surface area (TPSA) is 49.8 Å². The summed E-state index contributed by atoms with van der Waals surface area (Å²) in [6.45, 7) is 2.95. The molecule has 0 aliphatic rings. The third-order valence-corrected chi connectivity index (χ3v) is 3.31. The van der Waals surface area contributed by atoms with Crippen molar-refractivity contribution >= 4 is 45.0 Å². The summed E-state index contributed by atoms with van der Waals surface area (Å²) >= 11 is 9.45. The predicted octanol–water partition coefficient (Wildman–Crippen LogP) is 4.46. The van der Waals surface area contributed by atoms with Crippen LogP contribution in [-0.4, -0.2) is 16.5 Å². The minimum absolute atomic E-state index is 0.616. The van der Waals surface area contributed by atoms with Gasteiger partial charge in [0.05, 0.1) is 5.69 Å². The summed E-state index contributed by atoms with van der Waals surface area (Å²) in [7, 11) is 0. The highest BCUT2D eigenvalue weighted by Gasteiger charge is 2.03. The first-order chi connectivity index (χ1) is 9.19. The Morgan fingerprint density at radius 2 is 2.16 bits per heavy atom. The van der Waals surface area contributed by atoms with Crippen molar-refractivity contribution in [1.82, 2.24) is 9.97 Å². The van der Waals surface area contributed by atoms with E-state index in [9.17, 15) is 0 Å². The maximum absolute atomic E-state index is 5.98. The van der Waals surface area contributed by atoms with Gasteiger partial charge in [-0.3, -0.25) is 0 Å². The summed E-state index contributed by atoms with van der Waals surface area (Å²) in [5.74, 6) is 1.33. The number of anilines is 3. The lowest BCUT2D eigenvalue weighted by Gasteiger charge is -2.09. The molecule has 6 heteroatoms. The van der Waals surface area contributed by atoms with Crippen molar-refractivity contribution in [1.29, 1.82) is 0 Å². The van der Waals surface area contributed by atoms with Crippen LogP contribution in [-0.2, 0) is 0 Å². The van der Waals surface area contributed by atoms with Gasteiger partial charge < -0.3 is 10.6 Å². The largest absolute Gasteiger partial charge is 0.354 e. The van der Waals surface area contributed by atoms with Gasteiger partial charge in [0.15, 0.2) is 0 Å². The fourth-order valence-corrected chi connectivity index (χ4v) is 2.00. The van der Waals surface area contributed by atoms with Crippen LogP contribution >= 0.6 is 27.5 Å². The lowest BCUT2D eigenvalue weighted by Crippen LogP contribution is -2.05. The van der Waals surface area contributed by atoms with Crippen molar-refractivity contribution in [2.45, 2.75) is 13.3 Å². The van der Waals surface area contributed by atoms with Gasteiger partial charge in [0.1, 0.15) is 5.82 Å². The molecular formula is C13H14BrClN4. The standard InChI is InChI=1S/C13H14BrClN4/c1-2-6-16-13-17-7-5-12(19-13)18-11-8-9(15)3-4-10(11)14/h3-5,7-8H,2,6H2,1H3,(H2,16,17,18,19). The first-order valence-electron chi connectivity index (χ1n) is 5.98. The molecule has 2 N–H and O–H groups in total. The summed E-state index contributed by atoms with van der Waals surface area (Å²) < 4.78 is 0.929. The monoisotopic (exact) mass is 340 g/mol. The molecule has 0 radical (unpaired) electrons. The third kappa shape index (κ3) is 4.08. The van der Waals surface area contributed by atoms with E-state index in [2.05, 4.69) is 43.5 Å². The molecule has 4 nitrogen and oxygen atoms in total. The van der Waals surface area contributed by atoms with E-state index >= 15 is 0 Å². The van der Waals surface area contributed by atoms with Gasteiger partial charge in [0, 0.05) is 22.2 Å². The van der Waals surface area contributed by atoms with E-state index in [-0.39, 0.29) is 0 Å². The second kappa shape index (κ2) is 6.73. The highest BCUT2D eigenvalue weighted by Crippen LogP contribution is 2.28. The molecule has 0 unspecified atom stereocenters. The maximum atomic E-state index is 5.98. The molecule has 0 amide bonds. The zero-order valence-corrected chi connectivity index (χ0v) is 12.8. The number of aromatic nitrogens is 2. The summed E-state index contributed by atoms with van der Waals surface area (Å²) in [4.78, 5) is 8.54. The van der Waals surface area contributed by atoms with Crippen molar-refractivity contribution in [3.63, 3.8) is 0 Å². The van der Waals surface area contributed by atoms with Crippen molar-refractivity contribution in [3.8, 4) is 0 Å². The van der Waals surface area contributed by atoms with E-state index in [0.29, 0.717) is 11.0 Å². The molecule has 1 heterocycles. The van der Waals surface area contributed by atoms with Crippen molar-refractivity contribution < 1.29 is 0 Å². The Balaban J connectivity index is 2.16. The molecule has 2 rings (SSSR count). The summed E-state index contributed by atoms with van der Waals surface area (Å²) in [5, 5.41) is 7.02. The van der Waals surface area contributed by atoms with Crippen LogP contribution in [0, 0.1) is 0 Å². The molecule has 2 aromatic rings. The Kier molecular flexibility index (Phi) is 4.99. The molecule has 1 aromatic carbocycles. The van der Waals surface area contributed by atoms with Crippen LogP contribution in [0.25, 0.3) is 0 Å². The van der Waals surface area contributed by atoms with Gasteiger partial charge in [-0.2, -0.15) is 4.98 Å². The zero-order chi connectivity index (χ0) is 13.7. The van der Waals surface area contributed by atoms with E-state index < -0.39 is 0 Å². The average Bonchev–Trinajstić information content (AvgIpc) is 2.41. The van der Waals surface area contributed by atoms with Gasteiger partial charge in [-0.05, 0) is 46.6 Å². The Labute approximate surface area is 125 Å². The fourth-order valence-electron chi connectivity index (χ4n) is 1.48. The predicted molar refractivity (Wildman–Crippen MR) is 83.2 cm³/mol. The van der Waals surface area contributed by atoms with Crippen LogP contribution in [0.15, 0.2) is 34.9 Å². The van der Waals surface area contributed by atoms with Crippen LogP contribution in [0.2, 0.25) is 5.02 Å². The number of hydrogen-bond acceptors (Lipinski definition) is 4. The fraction of sp³-hybridized carbons (Fsp3) is 0.231. The van der Waals surface area contributed by atoms with Crippen molar-refractivity contribution in [2.24, 2.45) is 0 Å². The summed E-state index contributed by atoms with van der Waals surface area (Å²) in [6, 6.07) is 7.37. The Hall–Kier alpha value is -1.33. The van der Waals surface area contributed by atoms with Crippen LogP contribution in [0.4, 0.5) is 17.5 Å². The molecule has 0 saturated carbocycles. The lowest BCUT2D eigenvalue weighted by molar-refractivity contribution is 0.953. The molecule has 0 fully saturated rings. The van der Waals surface area contributed by atoms with Gasteiger partial charge >= 0.3 is 0 Å². The molecule has 100 valence electrons. The maximum Gasteiger partial charge on any atom is 0.224 e. The van der Waals surface area contributed by atoms with Crippen molar-refractivity contribution in [3.05, 3.63) is 40.0 Å². The average molecular weight is 342 g/mol. The molecule has 0 spiro atoms. The molecule has 0 aliphatic heterocycles. The molecule has 19 heavy (non-hydrogen) atoms. The first kappa shape index (κ1) is 14.1. The first-order valence-corrected chi connectivity index (χ1v) is 7.15. The van der Waals surface area contributed by atoms with Crippen LogP contribution in [0.3, 0.4) is 0 Å². The highest BCUT2D eigenvalue weighted by molar-refractivity contribution is 9.10. The highest BCUT2D eigenvalue weighted by atomic mass is 79.9. The summed E-state index contributed by atoms with van der Waals surface area (Å²) in [6.07, 6.45) is 2.74. The van der Waals surface area contributed by atoms with Gasteiger partial charge in [-0.15, -0.1) is 0 Å². The number of hydrogen-bond donors (Lipinski definition) is 2. The van der Waals surface area contributed by atoms with Gasteiger partial charge in [-0.25, -0.2) is 4.98 Å². The SMILES string of the molecule is CCCNc1nccc(Nc2cc(Cl)ccc2Br)n1. The minimum atomic E-state index is 0.616.